The molecule has 2 rings (SSSR count). The van der Waals surface area contributed by atoms with E-state index in [1.165, 1.54) is 0 Å². The van der Waals surface area contributed by atoms with Crippen LogP contribution in [0.4, 0.5) is 5.82 Å². The third-order valence-corrected chi connectivity index (χ3v) is 2.92. The molecule has 2 heterocycles. The Kier molecular flexibility index (Phi) is 3.73. The topological polar surface area (TPSA) is 55.6 Å². The quantitative estimate of drug-likeness (QED) is 0.936. The van der Waals surface area contributed by atoms with Gasteiger partial charge in [-0.2, -0.15) is 0 Å². The Morgan fingerprint density at radius 1 is 1.47 bits per heavy atom. The molecule has 0 bridgehead atoms. The van der Waals surface area contributed by atoms with E-state index in [0.29, 0.717) is 0 Å². The minimum Gasteiger partial charge on any atom is -0.369 e. The maximum Gasteiger partial charge on any atom is 0.134 e. The number of hydrogen-bond acceptors (Lipinski definition) is 4. The van der Waals surface area contributed by atoms with Crippen molar-refractivity contribution in [3.05, 3.63) is 34.5 Å². The Hall–Kier alpha value is -1.43. The lowest BCUT2D eigenvalue weighted by molar-refractivity contribution is 0.787. The summed E-state index contributed by atoms with van der Waals surface area (Å²) in [5.74, 6) is 1.88. The van der Waals surface area contributed by atoms with Gasteiger partial charge in [-0.25, -0.2) is 4.98 Å². The molecule has 0 atom stereocenters. The van der Waals surface area contributed by atoms with E-state index in [4.69, 9.17) is 0 Å². The number of nitrogens with zero attached hydrogens (tertiary/aromatic N) is 4. The van der Waals surface area contributed by atoms with Crippen molar-refractivity contribution in [1.82, 2.24) is 19.7 Å². The van der Waals surface area contributed by atoms with Crippen molar-refractivity contribution < 1.29 is 0 Å². The number of hydrogen-bond donors (Lipinski definition) is 1. The number of halogens is 1. The molecule has 6 heteroatoms. The van der Waals surface area contributed by atoms with Gasteiger partial charge in [-0.05, 0) is 34.5 Å². The van der Waals surface area contributed by atoms with Gasteiger partial charge in [-0.1, -0.05) is 0 Å². The molecule has 0 aliphatic carbocycles. The molecule has 0 amide bonds. The van der Waals surface area contributed by atoms with Crippen LogP contribution in [0.1, 0.15) is 11.4 Å². The first kappa shape index (κ1) is 12.0. The summed E-state index contributed by atoms with van der Waals surface area (Å²) in [5, 5.41) is 11.2. The summed E-state index contributed by atoms with van der Waals surface area (Å²) in [6, 6.07) is 2.04. The number of pyridine rings is 1. The lowest BCUT2D eigenvalue weighted by Gasteiger charge is -2.08. The Bertz CT molecular complexity index is 508. The van der Waals surface area contributed by atoms with Gasteiger partial charge in [0.2, 0.25) is 0 Å². The van der Waals surface area contributed by atoms with Gasteiger partial charge in [0, 0.05) is 30.7 Å². The maximum atomic E-state index is 4.32. The van der Waals surface area contributed by atoms with Gasteiger partial charge in [0.15, 0.2) is 0 Å². The largest absolute Gasteiger partial charge is 0.369 e. The Morgan fingerprint density at radius 2 is 2.29 bits per heavy atom. The summed E-state index contributed by atoms with van der Waals surface area (Å²) in [7, 11) is 1.94. The van der Waals surface area contributed by atoms with Crippen LogP contribution in [0.15, 0.2) is 23.1 Å². The van der Waals surface area contributed by atoms with E-state index in [1.54, 1.807) is 12.5 Å². The zero-order valence-electron chi connectivity index (χ0n) is 9.81. The number of rotatable bonds is 4. The number of anilines is 1. The fourth-order valence-electron chi connectivity index (χ4n) is 1.55. The number of aromatic nitrogens is 4. The molecular formula is C11H14BrN5. The highest BCUT2D eigenvalue weighted by atomic mass is 79.9. The zero-order valence-corrected chi connectivity index (χ0v) is 11.4. The molecule has 0 fully saturated rings. The summed E-state index contributed by atoms with van der Waals surface area (Å²) in [4.78, 5) is 4.32. The molecule has 17 heavy (non-hydrogen) atoms. The third kappa shape index (κ3) is 3.03. The molecule has 0 saturated heterocycles. The number of aryl methyl sites for hydroxylation is 2. The number of nitrogens with one attached hydrogen (secondary N) is 1. The molecule has 1 N–H and O–H groups in total. The van der Waals surface area contributed by atoms with Crippen LogP contribution in [0.3, 0.4) is 0 Å². The van der Waals surface area contributed by atoms with Crippen molar-refractivity contribution in [2.24, 2.45) is 7.05 Å². The van der Waals surface area contributed by atoms with Gasteiger partial charge >= 0.3 is 0 Å². The minimum atomic E-state index is 0.794. The van der Waals surface area contributed by atoms with E-state index in [1.807, 2.05) is 24.6 Å². The van der Waals surface area contributed by atoms with E-state index in [2.05, 4.69) is 36.4 Å². The Morgan fingerprint density at radius 3 is 2.94 bits per heavy atom. The van der Waals surface area contributed by atoms with Crippen LogP contribution in [0, 0.1) is 6.92 Å². The lowest BCUT2D eigenvalue weighted by atomic mass is 10.3. The molecule has 0 aliphatic rings. The highest BCUT2D eigenvalue weighted by Crippen LogP contribution is 2.16. The van der Waals surface area contributed by atoms with Crippen LogP contribution in [-0.2, 0) is 13.5 Å². The first-order chi connectivity index (χ1) is 8.16. The van der Waals surface area contributed by atoms with Gasteiger partial charge < -0.3 is 9.88 Å². The normalized spacial score (nSPS) is 10.5. The van der Waals surface area contributed by atoms with Crippen molar-refractivity contribution in [2.75, 3.05) is 11.9 Å². The molecule has 0 aliphatic heterocycles. The van der Waals surface area contributed by atoms with E-state index >= 15 is 0 Å². The van der Waals surface area contributed by atoms with Gasteiger partial charge in [0.05, 0.1) is 0 Å². The molecule has 0 unspecified atom stereocenters. The van der Waals surface area contributed by atoms with E-state index in [-0.39, 0.29) is 0 Å². The summed E-state index contributed by atoms with van der Waals surface area (Å²) in [6.07, 6.45) is 4.32. The van der Waals surface area contributed by atoms with Crippen molar-refractivity contribution in [3.63, 3.8) is 0 Å². The zero-order chi connectivity index (χ0) is 12.3. The van der Waals surface area contributed by atoms with E-state index < -0.39 is 0 Å². The van der Waals surface area contributed by atoms with E-state index in [9.17, 15) is 0 Å². The predicted molar refractivity (Wildman–Crippen MR) is 69.9 cm³/mol. The van der Waals surface area contributed by atoms with E-state index in [0.717, 1.165) is 34.6 Å². The molecule has 90 valence electrons. The second kappa shape index (κ2) is 5.27. The van der Waals surface area contributed by atoms with Gasteiger partial charge in [-0.3, -0.25) is 0 Å². The second-order valence-corrected chi connectivity index (χ2v) is 4.77. The summed E-state index contributed by atoms with van der Waals surface area (Å²) >= 11 is 3.39. The van der Waals surface area contributed by atoms with Crippen LogP contribution in [0.25, 0.3) is 0 Å². The van der Waals surface area contributed by atoms with Crippen molar-refractivity contribution >= 4 is 21.7 Å². The highest BCUT2D eigenvalue weighted by molar-refractivity contribution is 9.10. The van der Waals surface area contributed by atoms with Crippen LogP contribution in [-0.4, -0.2) is 26.3 Å². The molecule has 0 saturated carbocycles. The lowest BCUT2D eigenvalue weighted by Crippen LogP contribution is -2.10. The summed E-state index contributed by atoms with van der Waals surface area (Å²) < 4.78 is 2.91. The molecule has 2 aromatic heterocycles. The summed E-state index contributed by atoms with van der Waals surface area (Å²) in [5.41, 5.74) is 1.12. The first-order valence-corrected chi connectivity index (χ1v) is 6.15. The predicted octanol–water partition coefficient (Wildman–Crippen LogP) is 1.94. The average molecular weight is 296 g/mol. The van der Waals surface area contributed by atoms with Gasteiger partial charge in [0.1, 0.15) is 18.0 Å². The van der Waals surface area contributed by atoms with Crippen molar-refractivity contribution in [2.45, 2.75) is 13.3 Å². The van der Waals surface area contributed by atoms with Crippen molar-refractivity contribution in [1.29, 1.82) is 0 Å². The van der Waals surface area contributed by atoms with Gasteiger partial charge in [-0.15, -0.1) is 10.2 Å². The van der Waals surface area contributed by atoms with Crippen LogP contribution < -0.4 is 5.32 Å². The van der Waals surface area contributed by atoms with Crippen LogP contribution >= 0.6 is 15.9 Å². The molecular weight excluding hydrogens is 282 g/mol. The Balaban J connectivity index is 1.92. The summed E-state index contributed by atoms with van der Waals surface area (Å²) in [6.45, 7) is 2.82. The second-order valence-electron chi connectivity index (χ2n) is 3.85. The monoisotopic (exact) mass is 295 g/mol. The maximum absolute atomic E-state index is 4.32. The van der Waals surface area contributed by atoms with Gasteiger partial charge in [0.25, 0.3) is 0 Å². The standard InChI is InChI=1S/C11H14BrN5/c1-8-5-9(12)6-14-11(8)13-4-3-10-16-15-7-17(10)2/h5-7H,3-4H2,1-2H3,(H,13,14). The highest BCUT2D eigenvalue weighted by Gasteiger charge is 2.02. The molecule has 0 spiro atoms. The fraction of sp³-hybridized carbons (Fsp3) is 0.364. The smallest absolute Gasteiger partial charge is 0.134 e. The molecule has 2 aromatic rings. The molecule has 0 aromatic carbocycles. The molecule has 0 radical (unpaired) electrons. The first-order valence-electron chi connectivity index (χ1n) is 5.35. The fourth-order valence-corrected chi connectivity index (χ4v) is 2.00. The third-order valence-electron chi connectivity index (χ3n) is 2.49. The van der Waals surface area contributed by atoms with Crippen molar-refractivity contribution in [3.8, 4) is 0 Å². The van der Waals surface area contributed by atoms with Crippen LogP contribution in [0.5, 0.6) is 0 Å². The average Bonchev–Trinajstić information content (AvgIpc) is 2.68. The SMILES string of the molecule is Cc1cc(Br)cnc1NCCc1nncn1C. The van der Waals surface area contributed by atoms with Crippen LogP contribution in [0.2, 0.25) is 0 Å². The Labute approximate surface area is 108 Å². The molecule has 5 nitrogen and oxygen atoms in total. The minimum absolute atomic E-state index is 0.794.